The third-order valence-electron chi connectivity index (χ3n) is 2.73. The van der Waals surface area contributed by atoms with Crippen LogP contribution in [0.1, 0.15) is 12.0 Å². The first-order valence-corrected chi connectivity index (χ1v) is 5.98. The molecule has 4 N–H and O–H groups in total. The van der Waals surface area contributed by atoms with Gasteiger partial charge in [0.05, 0.1) is 12.7 Å². The Kier molecular flexibility index (Phi) is 5.97. The Bertz CT molecular complexity index is 331. The summed E-state index contributed by atoms with van der Waals surface area (Å²) in [5.74, 6) is 0. The van der Waals surface area contributed by atoms with Crippen LogP contribution >= 0.6 is 0 Å². The Morgan fingerprint density at radius 1 is 1.35 bits per heavy atom. The number of nitrogens with two attached hydrogens (primary N) is 1. The lowest BCUT2D eigenvalue weighted by atomic mass is 10.1. The van der Waals surface area contributed by atoms with Crippen LogP contribution in [0.25, 0.3) is 0 Å². The van der Waals surface area contributed by atoms with Crippen LogP contribution in [0.3, 0.4) is 0 Å². The summed E-state index contributed by atoms with van der Waals surface area (Å²) in [4.78, 5) is 2.07. The molecule has 0 aliphatic rings. The molecule has 0 bridgehead atoms. The van der Waals surface area contributed by atoms with Gasteiger partial charge in [-0.3, -0.25) is 0 Å². The molecule has 0 saturated carbocycles. The number of aliphatic hydroxyl groups excluding tert-OH is 2. The molecule has 0 aliphatic heterocycles. The highest BCUT2D eigenvalue weighted by Gasteiger charge is 2.12. The van der Waals surface area contributed by atoms with E-state index in [9.17, 15) is 5.11 Å². The van der Waals surface area contributed by atoms with Gasteiger partial charge < -0.3 is 20.8 Å². The second kappa shape index (κ2) is 7.27. The van der Waals surface area contributed by atoms with Crippen LogP contribution in [0.2, 0.25) is 0 Å². The van der Waals surface area contributed by atoms with Crippen LogP contribution in [-0.2, 0) is 0 Å². The Labute approximate surface area is 103 Å². The molecule has 0 aliphatic carbocycles. The van der Waals surface area contributed by atoms with E-state index in [2.05, 4.69) is 4.90 Å². The third kappa shape index (κ3) is 4.34. The number of anilines is 1. The molecule has 96 valence electrons. The number of hydrogen-bond acceptors (Lipinski definition) is 4. The summed E-state index contributed by atoms with van der Waals surface area (Å²) in [6, 6.07) is 8.03. The highest BCUT2D eigenvalue weighted by atomic mass is 16.3. The third-order valence-corrected chi connectivity index (χ3v) is 2.73. The summed E-state index contributed by atoms with van der Waals surface area (Å²) >= 11 is 0. The quantitative estimate of drug-likeness (QED) is 0.647. The van der Waals surface area contributed by atoms with E-state index in [1.165, 1.54) is 0 Å². The summed E-state index contributed by atoms with van der Waals surface area (Å²) in [5.41, 5.74) is 7.77. The SMILES string of the molecule is Cc1ccccc1N(CCCN)CC(O)CO. The molecule has 1 aromatic carbocycles. The van der Waals surface area contributed by atoms with Gasteiger partial charge in [0.1, 0.15) is 0 Å². The van der Waals surface area contributed by atoms with Crippen molar-refractivity contribution in [2.75, 3.05) is 31.1 Å². The van der Waals surface area contributed by atoms with E-state index >= 15 is 0 Å². The molecule has 0 spiro atoms. The van der Waals surface area contributed by atoms with Gasteiger partial charge in [0, 0.05) is 18.8 Å². The molecule has 1 atom stereocenters. The van der Waals surface area contributed by atoms with Gasteiger partial charge in [-0.25, -0.2) is 0 Å². The van der Waals surface area contributed by atoms with E-state index in [4.69, 9.17) is 10.8 Å². The summed E-state index contributed by atoms with van der Waals surface area (Å²) in [7, 11) is 0. The first kappa shape index (κ1) is 14.0. The number of aliphatic hydroxyl groups is 2. The molecule has 1 unspecified atom stereocenters. The lowest BCUT2D eigenvalue weighted by Gasteiger charge is -2.28. The maximum atomic E-state index is 9.56. The standard InChI is InChI=1S/C13H22N2O2/c1-11-5-2-3-6-13(11)15(8-4-7-14)9-12(17)10-16/h2-3,5-6,12,16-17H,4,7-10,14H2,1H3. The van der Waals surface area contributed by atoms with Crippen LogP contribution in [0, 0.1) is 6.92 Å². The molecule has 0 radical (unpaired) electrons. The smallest absolute Gasteiger partial charge is 0.0945 e. The van der Waals surface area contributed by atoms with Crippen molar-refractivity contribution in [2.45, 2.75) is 19.4 Å². The van der Waals surface area contributed by atoms with Crippen LogP contribution in [-0.4, -0.2) is 42.6 Å². The van der Waals surface area contributed by atoms with Crippen LogP contribution < -0.4 is 10.6 Å². The summed E-state index contributed by atoms with van der Waals surface area (Å²) in [5, 5.41) is 18.5. The van der Waals surface area contributed by atoms with Crippen molar-refractivity contribution in [2.24, 2.45) is 5.73 Å². The normalized spacial score (nSPS) is 12.5. The summed E-state index contributed by atoms with van der Waals surface area (Å²) in [6.07, 6.45) is 0.152. The topological polar surface area (TPSA) is 69.7 Å². The molecule has 0 saturated heterocycles. The van der Waals surface area contributed by atoms with Gasteiger partial charge >= 0.3 is 0 Å². The molecule has 0 heterocycles. The average molecular weight is 238 g/mol. The number of hydrogen-bond donors (Lipinski definition) is 3. The fourth-order valence-corrected chi connectivity index (χ4v) is 1.82. The minimum atomic E-state index is -0.715. The van der Waals surface area contributed by atoms with Crippen molar-refractivity contribution in [1.82, 2.24) is 0 Å². The molecule has 0 amide bonds. The number of para-hydroxylation sites is 1. The highest BCUT2D eigenvalue weighted by molar-refractivity contribution is 5.53. The minimum Gasteiger partial charge on any atom is -0.394 e. The molecule has 1 aromatic rings. The number of aryl methyl sites for hydroxylation is 1. The monoisotopic (exact) mass is 238 g/mol. The predicted molar refractivity (Wildman–Crippen MR) is 70.2 cm³/mol. The van der Waals surface area contributed by atoms with E-state index in [1.54, 1.807) is 0 Å². The predicted octanol–water partition coefficient (Wildman–Crippen LogP) is 0.503. The molecule has 0 fully saturated rings. The zero-order chi connectivity index (χ0) is 12.7. The van der Waals surface area contributed by atoms with Crippen molar-refractivity contribution in [3.8, 4) is 0 Å². The van der Waals surface area contributed by atoms with Gasteiger partial charge in [-0.15, -0.1) is 0 Å². The van der Waals surface area contributed by atoms with E-state index < -0.39 is 6.10 Å². The van der Waals surface area contributed by atoms with Gasteiger partial charge in [0.15, 0.2) is 0 Å². The van der Waals surface area contributed by atoms with Gasteiger partial charge in [0.25, 0.3) is 0 Å². The van der Waals surface area contributed by atoms with E-state index in [0.717, 1.165) is 24.2 Å². The Hall–Kier alpha value is -1.10. The second-order valence-corrected chi connectivity index (χ2v) is 4.21. The fourth-order valence-electron chi connectivity index (χ4n) is 1.82. The number of benzene rings is 1. The van der Waals surface area contributed by atoms with Gasteiger partial charge in [0.2, 0.25) is 0 Å². The van der Waals surface area contributed by atoms with Crippen LogP contribution in [0.5, 0.6) is 0 Å². The molecule has 0 aromatic heterocycles. The lowest BCUT2D eigenvalue weighted by Crippen LogP contribution is -2.36. The Balaban J connectivity index is 2.78. The van der Waals surface area contributed by atoms with Crippen LogP contribution in [0.4, 0.5) is 5.69 Å². The largest absolute Gasteiger partial charge is 0.394 e. The van der Waals surface area contributed by atoms with Crippen LogP contribution in [0.15, 0.2) is 24.3 Å². The lowest BCUT2D eigenvalue weighted by molar-refractivity contribution is 0.0998. The molecule has 4 heteroatoms. The zero-order valence-corrected chi connectivity index (χ0v) is 10.3. The Morgan fingerprint density at radius 3 is 2.65 bits per heavy atom. The van der Waals surface area contributed by atoms with Gasteiger partial charge in [-0.05, 0) is 31.5 Å². The highest BCUT2D eigenvalue weighted by Crippen LogP contribution is 2.19. The molecular weight excluding hydrogens is 216 g/mol. The van der Waals surface area contributed by atoms with E-state index in [0.29, 0.717) is 13.1 Å². The Morgan fingerprint density at radius 2 is 2.06 bits per heavy atom. The van der Waals surface area contributed by atoms with E-state index in [-0.39, 0.29) is 6.61 Å². The van der Waals surface area contributed by atoms with Crippen molar-refractivity contribution >= 4 is 5.69 Å². The van der Waals surface area contributed by atoms with Gasteiger partial charge in [-0.2, -0.15) is 0 Å². The van der Waals surface area contributed by atoms with Crippen molar-refractivity contribution in [1.29, 1.82) is 0 Å². The first-order valence-electron chi connectivity index (χ1n) is 5.98. The van der Waals surface area contributed by atoms with Crippen molar-refractivity contribution < 1.29 is 10.2 Å². The van der Waals surface area contributed by atoms with Crippen molar-refractivity contribution in [3.05, 3.63) is 29.8 Å². The van der Waals surface area contributed by atoms with Gasteiger partial charge in [-0.1, -0.05) is 18.2 Å². The molecule has 17 heavy (non-hydrogen) atoms. The summed E-state index contributed by atoms with van der Waals surface area (Å²) in [6.45, 7) is 3.67. The molecule has 4 nitrogen and oxygen atoms in total. The maximum Gasteiger partial charge on any atom is 0.0945 e. The molecule has 1 rings (SSSR count). The number of nitrogens with zero attached hydrogens (tertiary/aromatic N) is 1. The second-order valence-electron chi connectivity index (χ2n) is 4.21. The fraction of sp³-hybridized carbons (Fsp3) is 0.538. The maximum absolute atomic E-state index is 9.56. The first-order chi connectivity index (χ1) is 8.19. The summed E-state index contributed by atoms with van der Waals surface area (Å²) < 4.78 is 0. The molecular formula is C13H22N2O2. The number of rotatable bonds is 7. The zero-order valence-electron chi connectivity index (χ0n) is 10.3. The van der Waals surface area contributed by atoms with E-state index in [1.807, 2.05) is 31.2 Å². The minimum absolute atomic E-state index is 0.217. The average Bonchev–Trinajstić information content (AvgIpc) is 2.35. The van der Waals surface area contributed by atoms with Crippen molar-refractivity contribution in [3.63, 3.8) is 0 Å².